The number of fused-ring (bicyclic) bond motifs is 9. The summed E-state index contributed by atoms with van der Waals surface area (Å²) in [5, 5.41) is 18.3. The van der Waals surface area contributed by atoms with Gasteiger partial charge in [-0.2, -0.15) is 23.7 Å². The number of amides is 5. The fourth-order valence-electron chi connectivity index (χ4n) is 15.3. The first-order valence-electron chi connectivity index (χ1n) is 39.7. The molecule has 9 aromatic rings. The van der Waals surface area contributed by atoms with Crippen molar-refractivity contribution in [3.05, 3.63) is 141 Å². The monoisotopic (exact) mass is 1720 g/mol. The van der Waals surface area contributed by atoms with Crippen LogP contribution in [0.5, 0.6) is 23.3 Å². The Bertz CT molecular complexity index is 5660. The van der Waals surface area contributed by atoms with Crippen LogP contribution in [0.2, 0.25) is 0 Å². The number of likely N-dealkylation sites (tertiary alicyclic amines) is 3. The molecule has 2 bridgehead atoms. The molecule has 654 valence electrons. The molecule has 5 amide bonds. The van der Waals surface area contributed by atoms with E-state index < -0.39 is 82.2 Å². The first kappa shape index (κ1) is 87.3. The highest BCUT2D eigenvalue weighted by Gasteiger charge is 2.48. The molecule has 9 atom stereocenters. The second-order valence-corrected chi connectivity index (χ2v) is 32.5. The normalized spacial score (nSPS) is 20.9. The maximum absolute atomic E-state index is 14.6. The Labute approximate surface area is 698 Å². The lowest BCUT2D eigenvalue weighted by Crippen LogP contribution is -2.49. The lowest BCUT2D eigenvalue weighted by molar-refractivity contribution is -0.128. The number of rotatable bonds is 12. The largest absolute Gasteiger partial charge is 0.481 e. The van der Waals surface area contributed by atoms with E-state index in [1.54, 1.807) is 82.1 Å². The predicted molar refractivity (Wildman–Crippen MR) is 428 cm³/mol. The number of nitrogens with zero attached hydrogens (tertiary/aromatic N) is 17. The molecular weight excluding hydrogens is 1630 g/mol. The Balaban J connectivity index is 0.000000159. The van der Waals surface area contributed by atoms with Gasteiger partial charge in [-0.1, -0.05) is 7.43 Å². The van der Waals surface area contributed by atoms with Crippen LogP contribution in [0.4, 0.5) is 39.8 Å². The molecule has 0 radical (unpaired) electrons. The molecule has 0 saturated carbocycles. The third kappa shape index (κ3) is 19.6. The quantitative estimate of drug-likeness (QED) is 0.0547. The van der Waals surface area contributed by atoms with E-state index in [4.69, 9.17) is 44.5 Å². The molecular formula is C79H96F4N20O18S. The molecule has 9 aromatic heterocycles. The number of alkyl carbamates (subject to hydrolysis) is 1. The van der Waals surface area contributed by atoms with Crippen molar-refractivity contribution < 1.29 is 98.3 Å². The highest BCUT2D eigenvalue weighted by atomic mass is 32.2. The van der Waals surface area contributed by atoms with Gasteiger partial charge in [0.1, 0.15) is 70.0 Å². The summed E-state index contributed by atoms with van der Waals surface area (Å²) < 4.78 is 128. The first-order chi connectivity index (χ1) is 58.1. The molecule has 4 fully saturated rings. The second kappa shape index (κ2) is 36.8. The summed E-state index contributed by atoms with van der Waals surface area (Å²) in [6.07, 6.45) is 11.5. The number of halogens is 4. The number of alkyl halides is 1. The van der Waals surface area contributed by atoms with Crippen molar-refractivity contribution in [2.75, 3.05) is 93.2 Å². The zero-order valence-electron chi connectivity index (χ0n) is 69.0. The van der Waals surface area contributed by atoms with Crippen molar-refractivity contribution in [3.63, 3.8) is 0 Å². The van der Waals surface area contributed by atoms with E-state index in [0.717, 1.165) is 30.6 Å². The molecule has 17 heterocycles. The van der Waals surface area contributed by atoms with Gasteiger partial charge in [0.15, 0.2) is 40.1 Å². The minimum absolute atomic E-state index is 0. The SMILES string of the molecule is C.CC(=O)N1C[C@@H]2Cc3cn4ncc5c4nc3N(Cc3cc(F)cnc3O[C@@H](C)CNC5=O)[C@@H]2C1.CCOC(=O)c1cnn2cc3c(nc12)N(Cc1cc(F)c[nH]c1=O)[C@@H]1CN(C(C)=O)C[C@@H]1O3.CCOC(=O)c1cnn2cc3c(nc12)N(Cc1cc(F)cnc1O[C@@H](C)CNC(=O)OC(C)(C)C)[C@@H]1CN(C(C)=O)C[C@@H]1O3.C[C@@H]1CCS(=O)(=O)O1.[2H]CF. The van der Waals surface area contributed by atoms with Gasteiger partial charge in [0.2, 0.25) is 29.5 Å². The average Bonchev–Trinajstić information content (AvgIpc) is 1.65. The maximum Gasteiger partial charge on any atom is 0.407 e. The molecule has 0 aliphatic carbocycles. The van der Waals surface area contributed by atoms with E-state index in [1.807, 2.05) is 27.8 Å². The van der Waals surface area contributed by atoms with Crippen LogP contribution in [-0.2, 0) is 69.0 Å². The molecule has 0 aromatic carbocycles. The Morgan fingerprint density at radius 2 is 1.20 bits per heavy atom. The molecule has 0 unspecified atom stereocenters. The Morgan fingerprint density at radius 1 is 0.672 bits per heavy atom. The zero-order chi connectivity index (χ0) is 87.5. The average molecular weight is 1720 g/mol. The number of nitrogens with one attached hydrogen (secondary N) is 3. The fraction of sp³-hybridized carbons (Fsp3) is 0.494. The lowest BCUT2D eigenvalue weighted by atomic mass is 9.90. The highest BCUT2D eigenvalue weighted by molar-refractivity contribution is 7.86. The van der Waals surface area contributed by atoms with Crippen LogP contribution in [0.25, 0.3) is 16.9 Å². The summed E-state index contributed by atoms with van der Waals surface area (Å²) >= 11 is 0. The predicted octanol–water partition coefficient (Wildman–Crippen LogP) is 5.99. The summed E-state index contributed by atoms with van der Waals surface area (Å²) in [4.78, 5) is 135. The van der Waals surface area contributed by atoms with Crippen molar-refractivity contribution in [2.24, 2.45) is 5.92 Å². The van der Waals surface area contributed by atoms with Crippen LogP contribution in [0, 0.1) is 23.4 Å². The van der Waals surface area contributed by atoms with Gasteiger partial charge in [-0.25, -0.2) is 66.0 Å². The van der Waals surface area contributed by atoms with Gasteiger partial charge in [-0.05, 0) is 86.4 Å². The number of hydrogen-bond acceptors (Lipinski definition) is 29. The van der Waals surface area contributed by atoms with E-state index >= 15 is 0 Å². The van der Waals surface area contributed by atoms with Crippen molar-refractivity contribution >= 4 is 86.2 Å². The van der Waals surface area contributed by atoms with Gasteiger partial charge >= 0.3 is 18.0 Å². The van der Waals surface area contributed by atoms with E-state index in [1.165, 1.54) is 59.7 Å². The van der Waals surface area contributed by atoms with Crippen LogP contribution in [-0.4, -0.2) is 256 Å². The number of esters is 2. The lowest BCUT2D eigenvalue weighted by Gasteiger charge is -2.39. The number of hydrogen-bond donors (Lipinski definition) is 3. The van der Waals surface area contributed by atoms with Gasteiger partial charge in [-0.3, -0.25) is 32.5 Å². The van der Waals surface area contributed by atoms with Gasteiger partial charge < -0.3 is 78.2 Å². The minimum Gasteiger partial charge on any atom is -0.481 e. The number of H-pyrrole nitrogens is 1. The third-order valence-electron chi connectivity index (χ3n) is 20.9. The van der Waals surface area contributed by atoms with Gasteiger partial charge in [0.05, 0.1) is 141 Å². The van der Waals surface area contributed by atoms with Crippen molar-refractivity contribution in [2.45, 2.75) is 170 Å². The number of carbonyl (C=O) groups excluding carboxylic acids is 7. The number of ether oxygens (including phenoxy) is 7. The van der Waals surface area contributed by atoms with E-state index in [-0.39, 0.29) is 146 Å². The van der Waals surface area contributed by atoms with Crippen LogP contribution >= 0.6 is 0 Å². The summed E-state index contributed by atoms with van der Waals surface area (Å²) in [5.74, 6) is -0.166. The molecule has 4 saturated heterocycles. The van der Waals surface area contributed by atoms with E-state index in [2.05, 4.69) is 54.9 Å². The van der Waals surface area contributed by atoms with Crippen molar-refractivity contribution in [1.29, 1.82) is 0 Å². The standard InChI is InChI=1S/C29H36FN7O7.C23H24FN7O3.C21H21FN6O5.C4H8O3S.CH3F.CH4/c1-7-41-27(39)20-11-33-37-15-23-25(34-24(20)37)36(21-13-35(17(3)38)14-22(21)43-23)12-18-8-19(30)10-31-26(18)42-16(2)9-32-28(40)44-29(4,5)6;1-12-5-25-22(33)18-7-27-31-10-15-3-14-8-29(13(2)32)11-19(14)30(20(15)28-21(18)31)9-16-4-17(24)6-26-23(16)34-12;1-3-32-21(31)14-6-24-28-10-17-19(25-18(14)28)27(7-12-4-13(22)5-23-20(12)30)15-8-26(11(2)29)9-16(15)33-17;1-4-2-3-8(5,6)7-4;1-2;/h8,10-11,15-16,21-22H,7,9,12-14H2,1-6H3,(H,32,40);4,6-7,10,12,14,19H,3,5,8-9,11H2,1-2H3,(H,25,33);4-6,10,15-16H,3,7-9H2,1-2H3,(H,23,30);4H,2-3H2,1H3;1H3;1H4/t16-,21+,22-;12-,14-,19+;15-,16+;4-;;/m0011../s1/i;;;;1D;. The summed E-state index contributed by atoms with van der Waals surface area (Å²) in [6.45, 7) is 22.3. The Hall–Kier alpha value is -12.6. The van der Waals surface area contributed by atoms with Gasteiger partial charge in [0.25, 0.3) is 21.6 Å². The number of pyridine rings is 3. The first-order valence-corrected chi connectivity index (χ1v) is 40.5. The number of aromatic nitrogens is 12. The summed E-state index contributed by atoms with van der Waals surface area (Å²) in [5.41, 5.74) is 2.76. The summed E-state index contributed by atoms with van der Waals surface area (Å²) in [7, 11) is -4.10. The van der Waals surface area contributed by atoms with Crippen LogP contribution in [0.3, 0.4) is 0 Å². The van der Waals surface area contributed by atoms with Gasteiger partial charge in [0, 0.05) is 87.5 Å². The summed E-state index contributed by atoms with van der Waals surface area (Å²) in [6, 6.07) is 3.23. The topological polar surface area (TPSA) is 420 Å². The molecule has 3 N–H and O–H groups in total. The zero-order valence-corrected chi connectivity index (χ0v) is 68.8. The smallest absolute Gasteiger partial charge is 0.407 e. The van der Waals surface area contributed by atoms with Crippen molar-refractivity contribution in [3.8, 4) is 23.3 Å². The van der Waals surface area contributed by atoms with E-state index in [9.17, 15) is 64.3 Å². The third-order valence-corrected chi connectivity index (χ3v) is 22.2. The Kier molecular flexibility index (Phi) is 26.3. The maximum atomic E-state index is 14.6. The van der Waals surface area contributed by atoms with Crippen LogP contribution < -0.4 is 49.8 Å². The van der Waals surface area contributed by atoms with Crippen LogP contribution in [0.15, 0.2) is 78.8 Å². The van der Waals surface area contributed by atoms with Crippen molar-refractivity contribution in [1.82, 2.24) is 84.1 Å². The molecule has 0 spiro atoms. The molecule has 17 rings (SSSR count). The molecule has 8 aliphatic heterocycles. The van der Waals surface area contributed by atoms with Crippen LogP contribution in [0.1, 0.15) is 145 Å². The number of anilines is 3. The number of aromatic amines is 1. The van der Waals surface area contributed by atoms with Gasteiger partial charge in [-0.15, -0.1) is 0 Å². The molecule has 38 nitrogen and oxygen atoms in total. The minimum atomic E-state index is -3.10. The number of carbonyl (C=O) groups is 7. The highest BCUT2D eigenvalue weighted by Crippen LogP contribution is 2.43. The molecule has 122 heavy (non-hydrogen) atoms. The fourth-order valence-corrected chi connectivity index (χ4v) is 16.6. The molecule has 8 aliphatic rings. The molecule has 43 heteroatoms. The second-order valence-electron chi connectivity index (χ2n) is 30.8. The Morgan fingerprint density at radius 3 is 1.75 bits per heavy atom. The van der Waals surface area contributed by atoms with E-state index in [0.29, 0.717) is 109 Å².